The van der Waals surface area contributed by atoms with Crippen LogP contribution in [0.4, 0.5) is 0 Å². The van der Waals surface area contributed by atoms with Crippen molar-refractivity contribution < 1.29 is 0 Å². The van der Waals surface area contributed by atoms with Crippen molar-refractivity contribution in [1.29, 1.82) is 0 Å². The Morgan fingerprint density at radius 1 is 1.00 bits per heavy atom. The molecule has 2 atom stereocenters. The lowest BCUT2D eigenvalue weighted by molar-refractivity contribution is 0.448. The van der Waals surface area contributed by atoms with Gasteiger partial charge in [0.1, 0.15) is 0 Å². The van der Waals surface area contributed by atoms with E-state index in [2.05, 4.69) is 53.8 Å². The summed E-state index contributed by atoms with van der Waals surface area (Å²) in [4.78, 5) is 1.48. The Labute approximate surface area is 131 Å². The van der Waals surface area contributed by atoms with Crippen LogP contribution in [0, 0.1) is 0 Å². The molecule has 1 heterocycles. The number of benzene rings is 2. The quantitative estimate of drug-likeness (QED) is 0.892. The number of hydrogen-bond donors (Lipinski definition) is 1. The minimum Gasteiger partial charge on any atom is -0.309 e. The first-order chi connectivity index (χ1) is 10.4. The summed E-state index contributed by atoms with van der Waals surface area (Å²) in [6, 6.07) is 18.4. The first-order valence-corrected chi connectivity index (χ1v) is 8.93. The van der Waals surface area contributed by atoms with Crippen LogP contribution in [0.5, 0.6) is 0 Å². The predicted molar refractivity (Wildman–Crippen MR) is 90.0 cm³/mol. The van der Waals surface area contributed by atoms with Crippen LogP contribution in [0.2, 0.25) is 0 Å². The first-order valence-electron chi connectivity index (χ1n) is 7.95. The molecule has 0 radical (unpaired) electrons. The molecular formula is C19H21NS. The van der Waals surface area contributed by atoms with Crippen LogP contribution in [0.1, 0.15) is 41.5 Å². The van der Waals surface area contributed by atoms with Gasteiger partial charge in [0.2, 0.25) is 0 Å². The summed E-state index contributed by atoms with van der Waals surface area (Å²) in [5, 5.41) is 3.85. The summed E-state index contributed by atoms with van der Waals surface area (Å²) in [7, 11) is 0. The lowest BCUT2D eigenvalue weighted by atomic mass is 9.87. The number of hydrogen-bond acceptors (Lipinski definition) is 2. The summed E-state index contributed by atoms with van der Waals surface area (Å²) >= 11 is 2.01. The fourth-order valence-corrected chi connectivity index (χ4v) is 4.90. The fraction of sp³-hybridized carbons (Fsp3) is 0.368. The Morgan fingerprint density at radius 3 is 2.76 bits per heavy atom. The third kappa shape index (κ3) is 2.63. The van der Waals surface area contributed by atoms with Crippen LogP contribution in [0.15, 0.2) is 53.4 Å². The van der Waals surface area contributed by atoms with Crippen molar-refractivity contribution >= 4 is 11.8 Å². The van der Waals surface area contributed by atoms with Crippen molar-refractivity contribution in [3.63, 3.8) is 0 Å². The number of rotatable bonds is 3. The first kappa shape index (κ1) is 13.4. The Kier molecular flexibility index (Phi) is 3.74. The van der Waals surface area contributed by atoms with E-state index >= 15 is 0 Å². The lowest BCUT2D eigenvalue weighted by Crippen LogP contribution is -2.29. The Bertz CT molecular complexity index is 637. The molecule has 2 heteroatoms. The summed E-state index contributed by atoms with van der Waals surface area (Å²) in [6.07, 6.45) is 3.83. The second-order valence-electron chi connectivity index (χ2n) is 6.10. The van der Waals surface area contributed by atoms with Crippen LogP contribution in [0.25, 0.3) is 0 Å². The molecule has 0 spiro atoms. The van der Waals surface area contributed by atoms with Crippen molar-refractivity contribution in [2.24, 2.45) is 0 Å². The summed E-state index contributed by atoms with van der Waals surface area (Å²) in [6.45, 7) is 1.10. The maximum atomic E-state index is 3.85. The summed E-state index contributed by atoms with van der Waals surface area (Å²) in [5.74, 6) is 1.89. The largest absolute Gasteiger partial charge is 0.309 e. The highest BCUT2D eigenvalue weighted by Crippen LogP contribution is 2.39. The van der Waals surface area contributed by atoms with Gasteiger partial charge in [-0.15, -0.1) is 11.8 Å². The zero-order valence-electron chi connectivity index (χ0n) is 12.2. The Hall–Kier alpha value is -1.25. The lowest BCUT2D eigenvalue weighted by Gasteiger charge is -2.27. The van der Waals surface area contributed by atoms with Gasteiger partial charge in [0.05, 0.1) is 0 Å². The molecule has 1 nitrogen and oxygen atoms in total. The van der Waals surface area contributed by atoms with E-state index in [0.717, 1.165) is 6.54 Å². The highest BCUT2D eigenvalue weighted by molar-refractivity contribution is 7.99. The smallest absolute Gasteiger partial charge is 0.0323 e. The average Bonchev–Trinajstić information content (AvgIpc) is 2.96. The molecule has 2 aromatic carbocycles. The van der Waals surface area contributed by atoms with Gasteiger partial charge in [0.25, 0.3) is 0 Å². The summed E-state index contributed by atoms with van der Waals surface area (Å²) in [5.41, 5.74) is 4.62. The van der Waals surface area contributed by atoms with E-state index in [-0.39, 0.29) is 0 Å². The fourth-order valence-electron chi connectivity index (χ4n) is 3.65. The molecule has 0 aromatic heterocycles. The maximum absolute atomic E-state index is 3.85. The zero-order chi connectivity index (χ0) is 14.1. The molecule has 1 aliphatic heterocycles. The second-order valence-corrected chi connectivity index (χ2v) is 7.16. The van der Waals surface area contributed by atoms with E-state index < -0.39 is 0 Å². The molecule has 108 valence electrons. The SMILES string of the molecule is c1ccc2c(c1)CCCC2NCC1CSc2ccccc21. The molecule has 1 N–H and O–H groups in total. The van der Waals surface area contributed by atoms with Gasteiger partial charge in [-0.05, 0) is 42.0 Å². The van der Waals surface area contributed by atoms with Crippen molar-refractivity contribution in [2.45, 2.75) is 36.1 Å². The third-order valence-corrected chi connectivity index (χ3v) is 6.03. The van der Waals surface area contributed by atoms with E-state index in [9.17, 15) is 0 Å². The highest BCUT2D eigenvalue weighted by Gasteiger charge is 2.25. The van der Waals surface area contributed by atoms with Crippen LogP contribution in [0.3, 0.4) is 0 Å². The molecule has 4 rings (SSSR count). The van der Waals surface area contributed by atoms with Crippen molar-refractivity contribution in [3.05, 3.63) is 65.2 Å². The summed E-state index contributed by atoms with van der Waals surface area (Å²) < 4.78 is 0. The molecule has 21 heavy (non-hydrogen) atoms. The van der Waals surface area contributed by atoms with Gasteiger partial charge in [0, 0.05) is 29.2 Å². The number of fused-ring (bicyclic) bond motifs is 2. The van der Waals surface area contributed by atoms with Crippen LogP contribution < -0.4 is 5.32 Å². The van der Waals surface area contributed by atoms with E-state index in [1.165, 1.54) is 35.5 Å². The van der Waals surface area contributed by atoms with Crippen LogP contribution in [-0.4, -0.2) is 12.3 Å². The van der Waals surface area contributed by atoms with Crippen molar-refractivity contribution in [1.82, 2.24) is 5.32 Å². The molecule has 2 aliphatic rings. The van der Waals surface area contributed by atoms with Gasteiger partial charge >= 0.3 is 0 Å². The molecule has 2 aromatic rings. The topological polar surface area (TPSA) is 12.0 Å². The second kappa shape index (κ2) is 5.86. The molecule has 0 saturated carbocycles. The molecule has 0 amide bonds. The Morgan fingerprint density at radius 2 is 1.81 bits per heavy atom. The maximum Gasteiger partial charge on any atom is 0.0323 e. The Balaban J connectivity index is 1.47. The zero-order valence-corrected chi connectivity index (χ0v) is 13.0. The predicted octanol–water partition coefficient (Wildman–Crippen LogP) is 4.54. The molecular weight excluding hydrogens is 274 g/mol. The van der Waals surface area contributed by atoms with E-state index in [0.29, 0.717) is 12.0 Å². The van der Waals surface area contributed by atoms with Gasteiger partial charge in [-0.1, -0.05) is 42.5 Å². The third-order valence-electron chi connectivity index (χ3n) is 4.78. The minimum atomic E-state index is 0.549. The van der Waals surface area contributed by atoms with E-state index in [1.54, 1.807) is 11.1 Å². The molecule has 0 saturated heterocycles. The van der Waals surface area contributed by atoms with E-state index in [4.69, 9.17) is 0 Å². The van der Waals surface area contributed by atoms with Crippen molar-refractivity contribution in [2.75, 3.05) is 12.3 Å². The van der Waals surface area contributed by atoms with Gasteiger partial charge in [-0.2, -0.15) is 0 Å². The van der Waals surface area contributed by atoms with Gasteiger partial charge in [-0.3, -0.25) is 0 Å². The van der Waals surface area contributed by atoms with Gasteiger partial charge < -0.3 is 5.32 Å². The molecule has 2 unspecified atom stereocenters. The van der Waals surface area contributed by atoms with Crippen LogP contribution >= 0.6 is 11.8 Å². The van der Waals surface area contributed by atoms with Gasteiger partial charge in [0.15, 0.2) is 0 Å². The highest BCUT2D eigenvalue weighted by atomic mass is 32.2. The average molecular weight is 295 g/mol. The number of aryl methyl sites for hydroxylation is 1. The van der Waals surface area contributed by atoms with Crippen LogP contribution in [-0.2, 0) is 6.42 Å². The molecule has 1 aliphatic carbocycles. The number of thioether (sulfide) groups is 1. The molecule has 0 fully saturated rings. The van der Waals surface area contributed by atoms with Gasteiger partial charge in [-0.25, -0.2) is 0 Å². The van der Waals surface area contributed by atoms with Crippen molar-refractivity contribution in [3.8, 4) is 0 Å². The number of nitrogens with one attached hydrogen (secondary N) is 1. The monoisotopic (exact) mass is 295 g/mol. The minimum absolute atomic E-state index is 0.549. The molecule has 0 bridgehead atoms. The normalized spacial score (nSPS) is 23.6. The van der Waals surface area contributed by atoms with E-state index in [1.807, 2.05) is 11.8 Å². The standard InChI is InChI=1S/C19H21NS/c1-2-8-16-14(6-1)7-5-10-18(16)20-12-15-13-21-19-11-4-3-9-17(15)19/h1-4,6,8-9,11,15,18,20H,5,7,10,12-13H2.